The molecule has 4 nitrogen and oxygen atoms in total. The van der Waals surface area contributed by atoms with Crippen LogP contribution in [0.15, 0.2) is 29.4 Å². The highest BCUT2D eigenvalue weighted by atomic mass is 16.3. The van der Waals surface area contributed by atoms with Gasteiger partial charge >= 0.3 is 0 Å². The van der Waals surface area contributed by atoms with Gasteiger partial charge in [-0.2, -0.15) is 0 Å². The molecule has 0 fully saturated rings. The average Bonchev–Trinajstić information content (AvgIpc) is 2.68. The van der Waals surface area contributed by atoms with Gasteiger partial charge in [0.1, 0.15) is 11.5 Å². The van der Waals surface area contributed by atoms with Gasteiger partial charge in [0.25, 0.3) is 5.91 Å². The van der Waals surface area contributed by atoms with Crippen molar-refractivity contribution >= 4 is 5.91 Å². The first-order valence-electron chi connectivity index (χ1n) is 11.4. The molecular weight excluding hydrogens is 374 g/mol. The maximum absolute atomic E-state index is 13.2. The Bertz CT molecular complexity index is 754. The first-order chi connectivity index (χ1) is 14.3. The maximum Gasteiger partial charge on any atom is 0.257 e. The summed E-state index contributed by atoms with van der Waals surface area (Å²) in [5.41, 5.74) is 4.04. The van der Waals surface area contributed by atoms with Crippen LogP contribution in [0.4, 0.5) is 0 Å². The van der Waals surface area contributed by atoms with Crippen molar-refractivity contribution in [2.45, 2.75) is 86.5 Å². The highest BCUT2D eigenvalue weighted by molar-refractivity contribution is 5.99. The van der Waals surface area contributed by atoms with E-state index in [9.17, 15) is 15.0 Å². The molecule has 0 radical (unpaired) electrons. The standard InChI is InChI=1S/C26H41NO3/c1-7-10-11-15-21-18-23(28)22(17-16-20(6)14-12-13-19(4)5)25(29)24(21)26(30)27(8-2)9-3/h13,16,18,28-29H,7-12,14-15,17H2,1-6H3/b20-16+. The molecule has 1 aromatic rings. The number of unbranched alkanes of at least 4 members (excludes halogenated alkanes) is 2. The Hall–Kier alpha value is -2.23. The Balaban J connectivity index is 3.26. The largest absolute Gasteiger partial charge is 0.508 e. The van der Waals surface area contributed by atoms with Gasteiger partial charge in [-0.15, -0.1) is 0 Å². The summed E-state index contributed by atoms with van der Waals surface area (Å²) in [4.78, 5) is 14.9. The Morgan fingerprint density at radius 1 is 1.03 bits per heavy atom. The van der Waals surface area contributed by atoms with Crippen LogP contribution in [-0.4, -0.2) is 34.1 Å². The number of amides is 1. The van der Waals surface area contributed by atoms with E-state index < -0.39 is 0 Å². The lowest BCUT2D eigenvalue weighted by molar-refractivity contribution is 0.0768. The molecule has 0 unspecified atom stereocenters. The third kappa shape index (κ3) is 7.55. The molecule has 0 aliphatic heterocycles. The molecule has 4 heteroatoms. The highest BCUT2D eigenvalue weighted by Crippen LogP contribution is 2.36. The number of rotatable bonds is 12. The van der Waals surface area contributed by atoms with Gasteiger partial charge in [-0.05, 0) is 78.4 Å². The van der Waals surface area contributed by atoms with Crippen LogP contribution < -0.4 is 0 Å². The third-order valence-electron chi connectivity index (χ3n) is 5.52. The van der Waals surface area contributed by atoms with E-state index in [2.05, 4.69) is 33.8 Å². The summed E-state index contributed by atoms with van der Waals surface area (Å²) in [6.07, 6.45) is 10.3. The quantitative estimate of drug-likeness (QED) is 0.301. The van der Waals surface area contributed by atoms with Gasteiger partial charge in [0.15, 0.2) is 0 Å². The number of phenolic OH excluding ortho intramolecular Hbond substituents is 2. The first-order valence-corrected chi connectivity index (χ1v) is 11.4. The molecule has 0 atom stereocenters. The molecule has 0 bridgehead atoms. The number of carbonyl (C=O) groups is 1. The van der Waals surface area contributed by atoms with Crippen LogP contribution in [-0.2, 0) is 12.8 Å². The molecule has 0 saturated carbocycles. The van der Waals surface area contributed by atoms with Crippen molar-refractivity contribution in [3.05, 3.63) is 46.1 Å². The van der Waals surface area contributed by atoms with E-state index in [-0.39, 0.29) is 17.4 Å². The molecular formula is C26H41NO3. The van der Waals surface area contributed by atoms with Crippen molar-refractivity contribution in [2.24, 2.45) is 0 Å². The number of aromatic hydroxyl groups is 2. The van der Waals surface area contributed by atoms with Crippen molar-refractivity contribution in [3.8, 4) is 11.5 Å². The summed E-state index contributed by atoms with van der Waals surface area (Å²) in [5, 5.41) is 21.7. The Labute approximate surface area is 183 Å². The monoisotopic (exact) mass is 415 g/mol. The van der Waals surface area contributed by atoms with E-state index >= 15 is 0 Å². The SMILES string of the molecule is CCCCCc1cc(O)c(C/C=C(\C)CCC=C(C)C)c(O)c1C(=O)N(CC)CC. The molecule has 168 valence electrons. The van der Waals surface area contributed by atoms with E-state index in [0.29, 0.717) is 37.1 Å². The summed E-state index contributed by atoms with van der Waals surface area (Å²) in [5.74, 6) is -0.148. The number of allylic oxidation sites excluding steroid dienone is 4. The summed E-state index contributed by atoms with van der Waals surface area (Å²) >= 11 is 0. The number of phenols is 2. The molecule has 0 saturated heterocycles. The minimum Gasteiger partial charge on any atom is -0.508 e. The smallest absolute Gasteiger partial charge is 0.257 e. The van der Waals surface area contributed by atoms with Gasteiger partial charge in [-0.3, -0.25) is 4.79 Å². The second-order valence-electron chi connectivity index (χ2n) is 8.27. The predicted octanol–water partition coefficient (Wildman–Crippen LogP) is 6.55. The van der Waals surface area contributed by atoms with Gasteiger partial charge in [0.05, 0.1) is 5.56 Å². The molecule has 1 amide bonds. The van der Waals surface area contributed by atoms with Crippen molar-refractivity contribution in [1.29, 1.82) is 0 Å². The molecule has 1 aromatic carbocycles. The molecule has 0 heterocycles. The number of carbonyl (C=O) groups excluding carboxylic acids is 1. The zero-order valence-electron chi connectivity index (χ0n) is 19.8. The number of hydrogen-bond acceptors (Lipinski definition) is 3. The molecule has 0 aliphatic carbocycles. The number of nitrogens with zero attached hydrogens (tertiary/aromatic N) is 1. The summed E-state index contributed by atoms with van der Waals surface area (Å²) in [6.45, 7) is 13.4. The van der Waals surface area contributed by atoms with Crippen LogP contribution in [0.3, 0.4) is 0 Å². The first kappa shape index (κ1) is 25.8. The molecule has 2 N–H and O–H groups in total. The molecule has 1 rings (SSSR count). The molecule has 0 aromatic heterocycles. The fraction of sp³-hybridized carbons (Fsp3) is 0.577. The van der Waals surface area contributed by atoms with Crippen molar-refractivity contribution in [1.82, 2.24) is 4.90 Å². The van der Waals surface area contributed by atoms with Gasteiger partial charge < -0.3 is 15.1 Å². The third-order valence-corrected chi connectivity index (χ3v) is 5.52. The zero-order chi connectivity index (χ0) is 22.7. The van der Waals surface area contributed by atoms with Crippen molar-refractivity contribution < 1.29 is 15.0 Å². The predicted molar refractivity (Wildman–Crippen MR) is 126 cm³/mol. The van der Waals surface area contributed by atoms with Crippen LogP contribution in [0.1, 0.15) is 95.1 Å². The summed E-state index contributed by atoms with van der Waals surface area (Å²) in [7, 11) is 0. The van der Waals surface area contributed by atoms with Crippen molar-refractivity contribution in [3.63, 3.8) is 0 Å². The average molecular weight is 416 g/mol. The zero-order valence-corrected chi connectivity index (χ0v) is 19.8. The van der Waals surface area contributed by atoms with Crippen molar-refractivity contribution in [2.75, 3.05) is 13.1 Å². The van der Waals surface area contributed by atoms with E-state index in [4.69, 9.17) is 0 Å². The molecule has 30 heavy (non-hydrogen) atoms. The van der Waals surface area contributed by atoms with E-state index in [0.717, 1.165) is 37.7 Å². The second kappa shape index (κ2) is 13.1. The Morgan fingerprint density at radius 3 is 2.27 bits per heavy atom. The van der Waals surface area contributed by atoms with Gasteiger partial charge in [0, 0.05) is 18.7 Å². The van der Waals surface area contributed by atoms with Gasteiger partial charge in [-0.1, -0.05) is 43.1 Å². The summed E-state index contributed by atoms with van der Waals surface area (Å²) in [6, 6.07) is 1.69. The van der Waals surface area contributed by atoms with Crippen LogP contribution in [0.2, 0.25) is 0 Å². The second-order valence-corrected chi connectivity index (χ2v) is 8.27. The minimum absolute atomic E-state index is 0.0632. The normalized spacial score (nSPS) is 11.5. The van der Waals surface area contributed by atoms with E-state index in [1.54, 1.807) is 11.0 Å². The molecule has 0 aliphatic rings. The Kier molecular flexibility index (Phi) is 11.3. The molecule has 0 spiro atoms. The van der Waals surface area contributed by atoms with Crippen LogP contribution >= 0.6 is 0 Å². The highest BCUT2D eigenvalue weighted by Gasteiger charge is 2.24. The summed E-state index contributed by atoms with van der Waals surface area (Å²) < 4.78 is 0. The number of hydrogen-bond donors (Lipinski definition) is 2. The Morgan fingerprint density at radius 2 is 1.70 bits per heavy atom. The maximum atomic E-state index is 13.2. The lowest BCUT2D eigenvalue weighted by Gasteiger charge is -2.23. The van der Waals surface area contributed by atoms with E-state index in [1.807, 2.05) is 19.9 Å². The number of aryl methyl sites for hydroxylation is 1. The van der Waals surface area contributed by atoms with Gasteiger partial charge in [-0.25, -0.2) is 0 Å². The fourth-order valence-corrected chi connectivity index (χ4v) is 3.59. The van der Waals surface area contributed by atoms with Crippen LogP contribution in [0.25, 0.3) is 0 Å². The minimum atomic E-state index is -0.158. The van der Waals surface area contributed by atoms with Gasteiger partial charge in [0.2, 0.25) is 0 Å². The van der Waals surface area contributed by atoms with E-state index in [1.165, 1.54) is 11.1 Å². The number of benzene rings is 1. The van der Waals surface area contributed by atoms with Crippen LogP contribution in [0, 0.1) is 0 Å². The topological polar surface area (TPSA) is 60.8 Å². The lowest BCUT2D eigenvalue weighted by Crippen LogP contribution is -2.31. The lowest BCUT2D eigenvalue weighted by atomic mass is 9.94. The van der Waals surface area contributed by atoms with Crippen LogP contribution in [0.5, 0.6) is 11.5 Å². The fourth-order valence-electron chi connectivity index (χ4n) is 3.59.